The van der Waals surface area contributed by atoms with Crippen LogP contribution in [0.25, 0.3) is 0 Å². The summed E-state index contributed by atoms with van der Waals surface area (Å²) in [5.41, 5.74) is 5.50. The van der Waals surface area contributed by atoms with Crippen molar-refractivity contribution in [2.75, 3.05) is 19.8 Å². The molecule has 3 fully saturated rings. The van der Waals surface area contributed by atoms with Crippen molar-refractivity contribution in [3.8, 4) is 0 Å². The molecule has 202 valence electrons. The lowest BCUT2D eigenvalue weighted by Gasteiger charge is -2.43. The van der Waals surface area contributed by atoms with E-state index in [9.17, 15) is 30.6 Å². The largest absolute Gasteiger partial charge is 0.412 e. The van der Waals surface area contributed by atoms with E-state index in [1.54, 1.807) is 0 Å². The zero-order chi connectivity index (χ0) is 24.5. The molecule has 0 saturated carbocycles. The predicted octanol–water partition coefficient (Wildman–Crippen LogP) is -3.64. The van der Waals surface area contributed by atoms with Gasteiger partial charge in [-0.15, -0.1) is 0 Å². The van der Waals surface area contributed by atoms with Crippen LogP contribution in [0.5, 0.6) is 0 Å². The second-order valence-electron chi connectivity index (χ2n) is 10.0. The Bertz CT molecular complexity index is 619. The quantitative estimate of drug-likeness (QED) is 0.180. The van der Waals surface area contributed by atoms with Crippen LogP contribution in [-0.4, -0.2) is 129 Å². The highest BCUT2D eigenvalue weighted by Crippen LogP contribution is 2.37. The van der Waals surface area contributed by atoms with E-state index >= 15 is 0 Å². The minimum atomic E-state index is -1.55. The highest BCUT2D eigenvalue weighted by Gasteiger charge is 2.51. The zero-order valence-corrected chi connectivity index (χ0v) is 19.8. The van der Waals surface area contributed by atoms with E-state index in [1.165, 1.54) is 0 Å². The van der Waals surface area contributed by atoms with E-state index in [2.05, 4.69) is 0 Å². The van der Waals surface area contributed by atoms with Crippen LogP contribution < -0.4 is 5.73 Å². The number of ether oxygens (including phenoxy) is 5. The number of rotatable bonds is 7. The Balaban J connectivity index is 0.00000408. The molecule has 13 nitrogen and oxygen atoms in total. The molecule has 13 heteroatoms. The normalized spacial score (nSPS) is 45.7. The summed E-state index contributed by atoms with van der Waals surface area (Å²) in [7, 11) is 0. The van der Waals surface area contributed by atoms with E-state index < -0.39 is 80.2 Å². The molecule has 0 aliphatic carbocycles. The Kier molecular flexibility index (Phi) is 10.6. The van der Waals surface area contributed by atoms with Gasteiger partial charge in [0.05, 0.1) is 31.5 Å². The Morgan fingerprint density at radius 2 is 1.44 bits per heavy atom. The van der Waals surface area contributed by atoms with Gasteiger partial charge in [0.2, 0.25) is 0 Å². The summed E-state index contributed by atoms with van der Waals surface area (Å²) in [5.74, 6) is 0. The number of aliphatic hydroxyl groups excluding tert-OH is 6. The first-order chi connectivity index (χ1) is 15.5. The fourth-order valence-corrected chi connectivity index (χ4v) is 4.60. The summed E-state index contributed by atoms with van der Waals surface area (Å²) in [5, 5.41) is 59.9. The van der Waals surface area contributed by atoms with Crippen LogP contribution in [0.3, 0.4) is 0 Å². The molecule has 3 saturated heterocycles. The average molecular weight is 500 g/mol. The number of aliphatic hydroxyl groups is 6. The van der Waals surface area contributed by atoms with E-state index in [0.717, 1.165) is 0 Å². The smallest absolute Gasteiger partial charge is 0.187 e. The molecule has 3 rings (SSSR count). The van der Waals surface area contributed by atoms with Crippen molar-refractivity contribution in [2.45, 2.75) is 107 Å². The summed E-state index contributed by atoms with van der Waals surface area (Å²) >= 11 is 0. The Labute approximate surface area is 198 Å². The molecule has 3 heterocycles. The van der Waals surface area contributed by atoms with Crippen molar-refractivity contribution in [1.29, 1.82) is 0 Å². The lowest BCUT2D eigenvalue weighted by molar-refractivity contribution is -0.333. The lowest BCUT2D eigenvalue weighted by atomic mass is 9.85. The standard InChI is InChI=1S/C21H39NO11.H2O/c1-21(2,3)19-17(28)18(12(8-24)30-19)33-13-5-4-9(10(6-22)29-13)31-20-16(27)15(26)14(25)11(7-23)32-20;/h9-20,23-28H,4-8,22H2,1-3H3;1H2/t9?,10-,11?,12+,13-,14+,15-,16?,17?,18-,19+,20-;/m0./s1. The van der Waals surface area contributed by atoms with Gasteiger partial charge in [0.25, 0.3) is 0 Å². The number of nitrogens with two attached hydrogens (primary N) is 1. The maximum absolute atomic E-state index is 10.8. The van der Waals surface area contributed by atoms with E-state index in [1.807, 2.05) is 20.8 Å². The van der Waals surface area contributed by atoms with Crippen LogP contribution in [-0.2, 0) is 23.7 Å². The van der Waals surface area contributed by atoms with Crippen LogP contribution in [0.1, 0.15) is 33.6 Å². The van der Waals surface area contributed by atoms with Gasteiger partial charge in [-0.2, -0.15) is 0 Å². The first kappa shape index (κ1) is 29.7. The molecule has 4 unspecified atom stereocenters. The van der Waals surface area contributed by atoms with E-state index in [-0.39, 0.29) is 24.0 Å². The predicted molar refractivity (Wildman–Crippen MR) is 115 cm³/mol. The van der Waals surface area contributed by atoms with Gasteiger partial charge < -0.3 is 65.5 Å². The maximum Gasteiger partial charge on any atom is 0.187 e. The highest BCUT2D eigenvalue weighted by atomic mass is 16.7. The van der Waals surface area contributed by atoms with Gasteiger partial charge in [-0.25, -0.2) is 0 Å². The third kappa shape index (κ3) is 6.24. The first-order valence-electron chi connectivity index (χ1n) is 11.4. The second kappa shape index (κ2) is 12.1. The Hall–Kier alpha value is -0.520. The van der Waals surface area contributed by atoms with Gasteiger partial charge in [-0.3, -0.25) is 0 Å². The van der Waals surface area contributed by atoms with Crippen LogP contribution in [0.15, 0.2) is 0 Å². The maximum atomic E-state index is 10.8. The third-order valence-corrected chi connectivity index (χ3v) is 6.49. The molecule has 12 atom stereocenters. The molecule has 0 aromatic rings. The molecule has 3 aliphatic rings. The zero-order valence-electron chi connectivity index (χ0n) is 19.8. The van der Waals surface area contributed by atoms with E-state index in [4.69, 9.17) is 29.4 Å². The third-order valence-electron chi connectivity index (χ3n) is 6.49. The molecule has 0 aromatic carbocycles. The van der Waals surface area contributed by atoms with Gasteiger partial charge in [0.15, 0.2) is 12.6 Å². The van der Waals surface area contributed by atoms with Crippen LogP contribution in [0.4, 0.5) is 0 Å². The molecule has 0 aromatic heterocycles. The van der Waals surface area contributed by atoms with Crippen LogP contribution in [0.2, 0.25) is 0 Å². The van der Waals surface area contributed by atoms with Crippen molar-refractivity contribution in [2.24, 2.45) is 11.1 Å². The summed E-state index contributed by atoms with van der Waals surface area (Å²) in [6, 6.07) is 0. The topological polar surface area (TPSA) is 225 Å². The van der Waals surface area contributed by atoms with Crippen molar-refractivity contribution in [1.82, 2.24) is 0 Å². The van der Waals surface area contributed by atoms with Gasteiger partial charge in [0.1, 0.15) is 42.7 Å². The fourth-order valence-electron chi connectivity index (χ4n) is 4.60. The molecule has 34 heavy (non-hydrogen) atoms. The van der Waals surface area contributed by atoms with Crippen LogP contribution >= 0.6 is 0 Å². The van der Waals surface area contributed by atoms with Crippen molar-refractivity contribution in [3.63, 3.8) is 0 Å². The summed E-state index contributed by atoms with van der Waals surface area (Å²) in [6.45, 7) is 4.97. The average Bonchev–Trinajstić information content (AvgIpc) is 3.10. The highest BCUT2D eigenvalue weighted by molar-refractivity contribution is 4.97. The molecule has 0 amide bonds. The first-order valence-corrected chi connectivity index (χ1v) is 11.4. The molecule has 0 radical (unpaired) electrons. The molecule has 3 aliphatic heterocycles. The van der Waals surface area contributed by atoms with Crippen molar-refractivity contribution >= 4 is 0 Å². The number of hydrogen-bond acceptors (Lipinski definition) is 12. The van der Waals surface area contributed by atoms with Crippen molar-refractivity contribution < 1.29 is 59.8 Å². The SMILES string of the molecule is CC(C)(C)[C@@H]1O[C@H](CO)[C@H](O[C@H]2CCC(O[C@H]3OC(CO)[C@@H](O)[C@H](O)C3O)[C@H](CN)O2)C1O.O. The van der Waals surface area contributed by atoms with Gasteiger partial charge >= 0.3 is 0 Å². The van der Waals surface area contributed by atoms with Crippen LogP contribution in [0, 0.1) is 5.41 Å². The molecule has 0 spiro atoms. The second-order valence-corrected chi connectivity index (χ2v) is 10.0. The minimum Gasteiger partial charge on any atom is -0.412 e. The minimum absolute atomic E-state index is 0. The van der Waals surface area contributed by atoms with Gasteiger partial charge in [0, 0.05) is 13.0 Å². The van der Waals surface area contributed by atoms with Gasteiger partial charge in [-0.05, 0) is 11.8 Å². The fraction of sp³-hybridized carbons (Fsp3) is 1.00. The summed E-state index contributed by atoms with van der Waals surface area (Å²) < 4.78 is 29.0. The number of hydrogen-bond donors (Lipinski definition) is 7. The Morgan fingerprint density at radius 3 is 2.00 bits per heavy atom. The summed E-state index contributed by atoms with van der Waals surface area (Å²) in [6.07, 6.45) is -11.1. The molecule has 0 bridgehead atoms. The monoisotopic (exact) mass is 499 g/mol. The molecule has 10 N–H and O–H groups in total. The van der Waals surface area contributed by atoms with Gasteiger partial charge in [-0.1, -0.05) is 20.8 Å². The lowest BCUT2D eigenvalue weighted by Crippen LogP contribution is -2.60. The van der Waals surface area contributed by atoms with E-state index in [0.29, 0.717) is 12.8 Å². The molecular formula is C21H41NO12. The van der Waals surface area contributed by atoms with Crippen molar-refractivity contribution in [3.05, 3.63) is 0 Å². The Morgan fingerprint density at radius 1 is 0.794 bits per heavy atom. The molecular weight excluding hydrogens is 458 g/mol. The summed E-state index contributed by atoms with van der Waals surface area (Å²) in [4.78, 5) is 0.